The highest BCUT2D eigenvalue weighted by Gasteiger charge is 2.35. The lowest BCUT2D eigenvalue weighted by Crippen LogP contribution is -2.42. The second-order valence-electron chi connectivity index (χ2n) is 10.7. The van der Waals surface area contributed by atoms with Crippen LogP contribution in [0.3, 0.4) is 0 Å². The van der Waals surface area contributed by atoms with Gasteiger partial charge in [0.1, 0.15) is 23.7 Å². The third-order valence-corrected chi connectivity index (χ3v) is 7.60. The molecule has 8 nitrogen and oxygen atoms in total. The molecule has 1 saturated heterocycles. The number of nitrogens with one attached hydrogen (secondary N) is 2. The zero-order chi connectivity index (χ0) is 27.9. The average Bonchev–Trinajstić information content (AvgIpc) is 3.85. The van der Waals surface area contributed by atoms with Gasteiger partial charge >= 0.3 is 0 Å². The van der Waals surface area contributed by atoms with Gasteiger partial charge in [-0.05, 0) is 54.2 Å². The first-order chi connectivity index (χ1) is 19.5. The summed E-state index contributed by atoms with van der Waals surface area (Å²) in [6, 6.07) is 22.3. The molecule has 0 spiro atoms. The molecule has 2 fully saturated rings. The molecule has 2 aliphatic rings. The lowest BCUT2D eigenvalue weighted by Gasteiger charge is -2.32. The van der Waals surface area contributed by atoms with Crippen LogP contribution >= 0.6 is 0 Å². The number of hydrogen-bond acceptors (Lipinski definition) is 6. The van der Waals surface area contributed by atoms with Gasteiger partial charge in [-0.25, -0.2) is 4.98 Å². The van der Waals surface area contributed by atoms with Crippen LogP contribution in [0.25, 0.3) is 0 Å². The minimum Gasteiger partial charge on any atom is -0.489 e. The van der Waals surface area contributed by atoms with E-state index in [-0.39, 0.29) is 23.8 Å². The topological polar surface area (TPSA) is 107 Å². The van der Waals surface area contributed by atoms with Crippen molar-refractivity contribution >= 4 is 17.6 Å². The predicted octanol–water partition coefficient (Wildman–Crippen LogP) is 4.81. The molecule has 2 atom stereocenters. The molecule has 2 aromatic carbocycles. The first kappa shape index (κ1) is 27.4. The van der Waals surface area contributed by atoms with E-state index < -0.39 is 6.04 Å². The van der Waals surface area contributed by atoms with E-state index in [1.807, 2.05) is 65.6 Å². The van der Waals surface area contributed by atoms with Gasteiger partial charge in [-0.15, -0.1) is 0 Å². The smallest absolute Gasteiger partial charge is 0.247 e. The summed E-state index contributed by atoms with van der Waals surface area (Å²) in [7, 11) is 0. The molecule has 1 saturated carbocycles. The Kier molecular flexibility index (Phi) is 8.72. The first-order valence-electron chi connectivity index (χ1n) is 14.0. The largest absolute Gasteiger partial charge is 0.489 e. The fourth-order valence-electron chi connectivity index (χ4n) is 5.00. The molecule has 2 heterocycles. The van der Waals surface area contributed by atoms with Crippen LogP contribution in [0.15, 0.2) is 72.9 Å². The van der Waals surface area contributed by atoms with Gasteiger partial charge in [0.05, 0.1) is 17.8 Å². The van der Waals surface area contributed by atoms with Crippen LogP contribution in [0.5, 0.6) is 5.75 Å². The maximum atomic E-state index is 13.4. The summed E-state index contributed by atoms with van der Waals surface area (Å²) in [5, 5.41) is 15.4. The van der Waals surface area contributed by atoms with Crippen molar-refractivity contribution < 1.29 is 14.3 Å². The number of benzene rings is 2. The minimum atomic E-state index is -0.566. The first-order valence-corrected chi connectivity index (χ1v) is 14.0. The standard InChI is InChI=1S/C32H35N5O3/c1-22(24-9-7-23(19-33)8-10-24)20-35-30(25-5-3-2-4-6-25)31(38)36-29-14-13-28(21-34-29)40-27-15-17-37(18-16-27)32(39)26-11-12-26/h2-10,13-14,21-22,26-27,30,35H,11-12,15-18,20H2,1H3,(H,34,36,38)/t22?,30-/m0/s1. The monoisotopic (exact) mass is 537 g/mol. The third-order valence-electron chi connectivity index (χ3n) is 7.60. The molecule has 2 amide bonds. The van der Waals surface area contributed by atoms with Gasteiger partial charge in [-0.2, -0.15) is 5.26 Å². The molecular formula is C32H35N5O3. The molecule has 0 radical (unpaired) electrons. The SMILES string of the molecule is CC(CN[C@H](C(=O)Nc1ccc(OC2CCN(C(=O)C3CC3)CC2)cn1)c1ccccc1)c1ccc(C#N)cc1. The predicted molar refractivity (Wildman–Crippen MR) is 153 cm³/mol. The highest BCUT2D eigenvalue weighted by atomic mass is 16.5. The highest BCUT2D eigenvalue weighted by Crippen LogP contribution is 2.32. The van der Waals surface area contributed by atoms with Crippen LogP contribution in [0.2, 0.25) is 0 Å². The highest BCUT2D eigenvalue weighted by molar-refractivity contribution is 5.94. The maximum Gasteiger partial charge on any atom is 0.247 e. The number of aromatic nitrogens is 1. The number of pyridine rings is 1. The number of ether oxygens (including phenoxy) is 1. The summed E-state index contributed by atoms with van der Waals surface area (Å²) in [4.78, 5) is 32.0. The number of nitrogens with zero attached hydrogens (tertiary/aromatic N) is 3. The molecule has 3 aromatic rings. The molecule has 1 aliphatic carbocycles. The third kappa shape index (κ3) is 7.04. The minimum absolute atomic E-state index is 0.0512. The molecule has 1 aliphatic heterocycles. The van der Waals surface area contributed by atoms with E-state index in [4.69, 9.17) is 10.00 Å². The second kappa shape index (κ2) is 12.8. The number of piperidine rings is 1. The van der Waals surface area contributed by atoms with Crippen molar-refractivity contribution in [2.45, 2.75) is 50.7 Å². The van der Waals surface area contributed by atoms with E-state index in [0.717, 1.165) is 49.9 Å². The lowest BCUT2D eigenvalue weighted by molar-refractivity contribution is -0.134. The molecule has 1 unspecified atom stereocenters. The van der Waals surface area contributed by atoms with Gasteiger partial charge in [0.25, 0.3) is 0 Å². The van der Waals surface area contributed by atoms with Crippen molar-refractivity contribution in [3.63, 3.8) is 0 Å². The molecule has 5 rings (SSSR count). The van der Waals surface area contributed by atoms with Crippen molar-refractivity contribution in [2.75, 3.05) is 25.0 Å². The van der Waals surface area contributed by atoms with Crippen molar-refractivity contribution in [1.82, 2.24) is 15.2 Å². The summed E-state index contributed by atoms with van der Waals surface area (Å²) in [6.07, 6.45) is 5.36. The number of carbonyl (C=O) groups is 2. The van der Waals surface area contributed by atoms with Crippen LogP contribution in [-0.2, 0) is 9.59 Å². The van der Waals surface area contributed by atoms with E-state index >= 15 is 0 Å². The Labute approximate surface area is 235 Å². The molecule has 40 heavy (non-hydrogen) atoms. The van der Waals surface area contributed by atoms with Crippen LogP contribution in [-0.4, -0.2) is 47.4 Å². The molecule has 2 N–H and O–H groups in total. The number of rotatable bonds is 10. The molecule has 1 aromatic heterocycles. The Morgan fingerprint density at radius 2 is 1.73 bits per heavy atom. The molecule has 0 bridgehead atoms. The van der Waals surface area contributed by atoms with Crippen molar-refractivity contribution in [1.29, 1.82) is 5.26 Å². The maximum absolute atomic E-state index is 13.4. The Hall–Kier alpha value is -4.22. The summed E-state index contributed by atoms with van der Waals surface area (Å²) in [5.41, 5.74) is 2.58. The van der Waals surface area contributed by atoms with Crippen molar-refractivity contribution in [3.05, 3.63) is 89.6 Å². The molecule has 206 valence electrons. The zero-order valence-corrected chi connectivity index (χ0v) is 22.8. The van der Waals surface area contributed by atoms with Gasteiger partial charge in [0.15, 0.2) is 0 Å². The number of carbonyl (C=O) groups excluding carboxylic acids is 2. The Morgan fingerprint density at radius 3 is 2.35 bits per heavy atom. The van der Waals surface area contributed by atoms with Crippen LogP contribution < -0.4 is 15.4 Å². The van der Waals surface area contributed by atoms with Crippen molar-refractivity contribution in [3.8, 4) is 11.8 Å². The summed E-state index contributed by atoms with van der Waals surface area (Å²) in [5.74, 6) is 1.59. The molecule has 8 heteroatoms. The summed E-state index contributed by atoms with van der Waals surface area (Å²) in [6.45, 7) is 4.13. The van der Waals surface area contributed by atoms with Gasteiger partial charge in [0, 0.05) is 38.4 Å². The Balaban J connectivity index is 1.16. The Morgan fingerprint density at radius 1 is 1.00 bits per heavy atom. The van der Waals surface area contributed by atoms with Crippen LogP contribution in [0.4, 0.5) is 5.82 Å². The summed E-state index contributed by atoms with van der Waals surface area (Å²) >= 11 is 0. The number of amides is 2. The average molecular weight is 538 g/mol. The van der Waals surface area contributed by atoms with Gasteiger partial charge < -0.3 is 20.3 Å². The molecular weight excluding hydrogens is 502 g/mol. The van der Waals surface area contributed by atoms with Crippen LogP contribution in [0.1, 0.15) is 61.3 Å². The number of likely N-dealkylation sites (tertiary alicyclic amines) is 1. The fourth-order valence-corrected chi connectivity index (χ4v) is 5.00. The second-order valence-corrected chi connectivity index (χ2v) is 10.7. The Bertz CT molecular complexity index is 1330. The van der Waals surface area contributed by atoms with Crippen molar-refractivity contribution in [2.24, 2.45) is 5.92 Å². The number of anilines is 1. The van der Waals surface area contributed by atoms with E-state index in [1.54, 1.807) is 12.3 Å². The van der Waals surface area contributed by atoms with Gasteiger partial charge in [-0.1, -0.05) is 49.4 Å². The van der Waals surface area contributed by atoms with E-state index in [0.29, 0.717) is 29.6 Å². The quantitative estimate of drug-likeness (QED) is 0.385. The fraction of sp³-hybridized carbons (Fsp3) is 0.375. The number of nitriles is 1. The normalized spacial score (nSPS) is 16.9. The summed E-state index contributed by atoms with van der Waals surface area (Å²) < 4.78 is 6.11. The van der Waals surface area contributed by atoms with E-state index in [1.165, 1.54) is 0 Å². The van der Waals surface area contributed by atoms with Crippen LogP contribution in [0, 0.1) is 17.2 Å². The zero-order valence-electron chi connectivity index (χ0n) is 22.8. The van der Waals surface area contributed by atoms with Gasteiger partial charge in [-0.3, -0.25) is 9.59 Å². The number of hydrogen-bond donors (Lipinski definition) is 2. The lowest BCUT2D eigenvalue weighted by atomic mass is 9.98. The van der Waals surface area contributed by atoms with E-state index in [9.17, 15) is 9.59 Å². The van der Waals surface area contributed by atoms with E-state index in [2.05, 4.69) is 28.6 Å². The van der Waals surface area contributed by atoms with Gasteiger partial charge in [0.2, 0.25) is 11.8 Å².